The van der Waals surface area contributed by atoms with Crippen LogP contribution in [0.4, 0.5) is 5.69 Å². The highest BCUT2D eigenvalue weighted by molar-refractivity contribution is 6.02. The lowest BCUT2D eigenvalue weighted by molar-refractivity contribution is -0.122. The number of aromatic nitrogens is 3. The molecule has 30 heavy (non-hydrogen) atoms. The molecule has 0 bridgehead atoms. The molecule has 0 saturated carbocycles. The molecule has 3 aromatic heterocycles. The summed E-state index contributed by atoms with van der Waals surface area (Å²) in [5.74, 6) is -0.401. The van der Waals surface area contributed by atoms with Crippen LogP contribution in [0.3, 0.4) is 0 Å². The van der Waals surface area contributed by atoms with Crippen LogP contribution in [0.25, 0.3) is 0 Å². The Bertz CT molecular complexity index is 1070. The molecule has 0 saturated heterocycles. The van der Waals surface area contributed by atoms with Crippen molar-refractivity contribution in [2.75, 3.05) is 5.32 Å². The third kappa shape index (κ3) is 4.61. The maximum atomic E-state index is 12.7. The predicted octanol–water partition coefficient (Wildman–Crippen LogP) is 3.03. The third-order valence-electron chi connectivity index (χ3n) is 4.42. The number of nitrogens with zero attached hydrogens (tertiary/aromatic N) is 3. The number of nitrogens with one attached hydrogen (secondary N) is 2. The van der Waals surface area contributed by atoms with Crippen molar-refractivity contribution < 1.29 is 14.0 Å². The molecule has 0 spiro atoms. The van der Waals surface area contributed by atoms with Crippen molar-refractivity contribution in [1.82, 2.24) is 20.1 Å². The first-order chi connectivity index (χ1) is 14.7. The van der Waals surface area contributed by atoms with Gasteiger partial charge in [-0.25, -0.2) is 0 Å². The maximum absolute atomic E-state index is 12.7. The van der Waals surface area contributed by atoms with E-state index in [2.05, 4.69) is 20.7 Å². The average molecular weight is 401 g/mol. The quantitative estimate of drug-likeness (QED) is 0.496. The number of hydrogen-bond donors (Lipinski definition) is 2. The highest BCUT2D eigenvalue weighted by atomic mass is 16.3. The molecule has 4 aromatic rings. The number of benzene rings is 1. The number of pyridine rings is 1. The van der Waals surface area contributed by atoms with Crippen molar-refractivity contribution >= 4 is 17.5 Å². The minimum absolute atomic E-state index is 0.00500. The first kappa shape index (κ1) is 19.1. The zero-order valence-electron chi connectivity index (χ0n) is 15.9. The summed E-state index contributed by atoms with van der Waals surface area (Å²) in [7, 11) is 0. The third-order valence-corrected chi connectivity index (χ3v) is 4.42. The minimum Gasteiger partial charge on any atom is -0.459 e. The van der Waals surface area contributed by atoms with Crippen molar-refractivity contribution in [2.24, 2.45) is 0 Å². The van der Waals surface area contributed by atoms with Gasteiger partial charge in [-0.3, -0.25) is 19.3 Å². The lowest BCUT2D eigenvalue weighted by Gasteiger charge is -2.19. The second-order valence-electron chi connectivity index (χ2n) is 6.55. The van der Waals surface area contributed by atoms with Gasteiger partial charge >= 0.3 is 0 Å². The second-order valence-corrected chi connectivity index (χ2v) is 6.55. The average Bonchev–Trinajstić information content (AvgIpc) is 3.46. The first-order valence-electron chi connectivity index (χ1n) is 9.30. The molecule has 8 nitrogen and oxygen atoms in total. The molecule has 8 heteroatoms. The van der Waals surface area contributed by atoms with Crippen LogP contribution in [0, 0.1) is 0 Å². The molecule has 0 aliphatic heterocycles. The van der Waals surface area contributed by atoms with Gasteiger partial charge in [0, 0.05) is 18.6 Å². The summed E-state index contributed by atoms with van der Waals surface area (Å²) in [5.41, 5.74) is 2.36. The van der Waals surface area contributed by atoms with Gasteiger partial charge in [-0.1, -0.05) is 30.3 Å². The van der Waals surface area contributed by atoms with Crippen molar-refractivity contribution in [2.45, 2.75) is 12.6 Å². The summed E-state index contributed by atoms with van der Waals surface area (Å²) in [4.78, 5) is 28.8. The lowest BCUT2D eigenvalue weighted by Crippen LogP contribution is -2.32. The highest BCUT2D eigenvalue weighted by Crippen LogP contribution is 2.21. The topological polar surface area (TPSA) is 102 Å². The fourth-order valence-corrected chi connectivity index (χ4v) is 3.03. The van der Waals surface area contributed by atoms with Gasteiger partial charge in [-0.2, -0.15) is 5.10 Å². The number of amides is 2. The SMILES string of the molecule is O=C(Cn1cc(NC(=O)c2ccco2)cn1)N[C@H](c1ccccc1)c1ccncc1. The molecule has 1 atom stereocenters. The standard InChI is InChI=1S/C22H19N5O3/c28-20(15-27-14-18(13-24-27)25-22(29)19-7-4-12-30-19)26-21(16-5-2-1-3-6-16)17-8-10-23-11-9-17/h1-14,21H,15H2,(H,25,29)(H,26,28)/t21-/m1/s1. The molecule has 2 N–H and O–H groups in total. The van der Waals surface area contributed by atoms with E-state index in [1.807, 2.05) is 42.5 Å². The van der Waals surface area contributed by atoms with Crippen molar-refractivity contribution in [1.29, 1.82) is 0 Å². The van der Waals surface area contributed by atoms with E-state index < -0.39 is 0 Å². The summed E-state index contributed by atoms with van der Waals surface area (Å²) in [6.45, 7) is 0.00500. The van der Waals surface area contributed by atoms with Gasteiger partial charge in [-0.15, -0.1) is 0 Å². The summed E-state index contributed by atoms with van der Waals surface area (Å²) >= 11 is 0. The van der Waals surface area contributed by atoms with Gasteiger partial charge in [0.05, 0.1) is 24.2 Å². The zero-order chi connectivity index (χ0) is 20.8. The fourth-order valence-electron chi connectivity index (χ4n) is 3.03. The van der Waals surface area contributed by atoms with Crippen LogP contribution < -0.4 is 10.6 Å². The molecule has 2 amide bonds. The molecule has 150 valence electrons. The van der Waals surface area contributed by atoms with Crippen LogP contribution in [0.5, 0.6) is 0 Å². The largest absolute Gasteiger partial charge is 0.459 e. The molecule has 0 radical (unpaired) electrons. The van der Waals surface area contributed by atoms with Crippen molar-refractivity contribution in [3.05, 3.63) is 103 Å². The Morgan fingerprint density at radius 1 is 1.00 bits per heavy atom. The predicted molar refractivity (Wildman–Crippen MR) is 110 cm³/mol. The lowest BCUT2D eigenvalue weighted by atomic mass is 10.00. The van der Waals surface area contributed by atoms with Gasteiger partial charge < -0.3 is 15.1 Å². The Balaban J connectivity index is 1.43. The van der Waals surface area contributed by atoms with Crippen molar-refractivity contribution in [3.8, 4) is 0 Å². The van der Waals surface area contributed by atoms with Crippen molar-refractivity contribution in [3.63, 3.8) is 0 Å². The van der Waals surface area contributed by atoms with Crippen LogP contribution in [0.2, 0.25) is 0 Å². The number of anilines is 1. The second kappa shape index (κ2) is 8.87. The number of carbonyl (C=O) groups is 2. The van der Waals surface area contributed by atoms with Crippen LogP contribution in [-0.4, -0.2) is 26.6 Å². The van der Waals surface area contributed by atoms with Gasteiger partial charge in [0.15, 0.2) is 5.76 Å². The highest BCUT2D eigenvalue weighted by Gasteiger charge is 2.17. The van der Waals surface area contributed by atoms with E-state index in [1.54, 1.807) is 30.7 Å². The molecule has 3 heterocycles. The number of hydrogen-bond acceptors (Lipinski definition) is 5. The summed E-state index contributed by atoms with van der Waals surface area (Å²) in [5, 5.41) is 9.86. The van der Waals surface area contributed by atoms with E-state index in [4.69, 9.17) is 4.42 Å². The Morgan fingerprint density at radius 2 is 1.77 bits per heavy atom. The van der Waals surface area contributed by atoms with Crippen LogP contribution >= 0.6 is 0 Å². The number of rotatable bonds is 7. The Kier molecular flexibility index (Phi) is 5.66. The van der Waals surface area contributed by atoms with E-state index in [-0.39, 0.29) is 30.2 Å². The van der Waals surface area contributed by atoms with E-state index in [0.717, 1.165) is 11.1 Å². The minimum atomic E-state index is -0.383. The Morgan fingerprint density at radius 3 is 2.50 bits per heavy atom. The molecule has 0 aliphatic rings. The molecule has 0 fully saturated rings. The molecular formula is C22H19N5O3. The van der Waals surface area contributed by atoms with Gasteiger partial charge in [0.25, 0.3) is 5.91 Å². The molecule has 1 aromatic carbocycles. The maximum Gasteiger partial charge on any atom is 0.291 e. The van der Waals surface area contributed by atoms with Crippen LogP contribution in [0.15, 0.2) is 90.1 Å². The summed E-state index contributed by atoms with van der Waals surface area (Å²) in [6, 6.07) is 16.3. The van der Waals surface area contributed by atoms with E-state index >= 15 is 0 Å². The zero-order valence-corrected chi connectivity index (χ0v) is 15.9. The Labute approximate surface area is 172 Å². The summed E-state index contributed by atoms with van der Waals surface area (Å²) in [6.07, 6.45) is 7.88. The molecule has 0 aliphatic carbocycles. The smallest absolute Gasteiger partial charge is 0.291 e. The van der Waals surface area contributed by atoms with Gasteiger partial charge in [0.2, 0.25) is 5.91 Å². The fraction of sp³-hybridized carbons (Fsp3) is 0.0909. The van der Waals surface area contributed by atoms with E-state index in [0.29, 0.717) is 5.69 Å². The number of furan rings is 1. The first-order valence-corrected chi connectivity index (χ1v) is 9.30. The Hall–Kier alpha value is -4.20. The van der Waals surface area contributed by atoms with E-state index in [9.17, 15) is 9.59 Å². The van der Waals surface area contributed by atoms with Gasteiger partial charge in [-0.05, 0) is 35.4 Å². The molecular weight excluding hydrogens is 382 g/mol. The van der Waals surface area contributed by atoms with E-state index in [1.165, 1.54) is 17.1 Å². The monoisotopic (exact) mass is 401 g/mol. The normalized spacial score (nSPS) is 11.6. The summed E-state index contributed by atoms with van der Waals surface area (Å²) < 4.78 is 6.52. The molecule has 4 rings (SSSR count). The van der Waals surface area contributed by atoms with Gasteiger partial charge in [0.1, 0.15) is 6.54 Å². The number of carbonyl (C=O) groups excluding carboxylic acids is 2. The van der Waals surface area contributed by atoms with Crippen LogP contribution in [0.1, 0.15) is 27.7 Å². The molecule has 0 unspecified atom stereocenters. The van der Waals surface area contributed by atoms with Crippen LogP contribution in [-0.2, 0) is 11.3 Å².